The highest BCUT2D eigenvalue weighted by molar-refractivity contribution is 5.90. The van der Waals surface area contributed by atoms with Gasteiger partial charge in [0.05, 0.1) is 16.9 Å². The Morgan fingerprint density at radius 1 is 1.22 bits per heavy atom. The lowest BCUT2D eigenvalue weighted by molar-refractivity contribution is -0.125. The minimum Gasteiger partial charge on any atom is -0.378 e. The van der Waals surface area contributed by atoms with Crippen molar-refractivity contribution in [2.75, 3.05) is 0 Å². The van der Waals surface area contributed by atoms with Gasteiger partial charge in [-0.3, -0.25) is 9.59 Å². The summed E-state index contributed by atoms with van der Waals surface area (Å²) in [4.78, 5) is 29.9. The predicted molar refractivity (Wildman–Crippen MR) is 123 cm³/mol. The lowest BCUT2D eigenvalue weighted by atomic mass is 9.86. The van der Waals surface area contributed by atoms with Crippen molar-refractivity contribution < 1.29 is 14.3 Å². The molecule has 0 fully saturated rings. The highest BCUT2D eigenvalue weighted by atomic mass is 19.1. The van der Waals surface area contributed by atoms with Crippen molar-refractivity contribution in [2.24, 2.45) is 0 Å². The fraction of sp³-hybridized carbons (Fsp3) is 0.423. The van der Waals surface area contributed by atoms with Gasteiger partial charge in [0.1, 0.15) is 11.4 Å². The Hall–Kier alpha value is -2.86. The van der Waals surface area contributed by atoms with E-state index in [1.807, 2.05) is 26.8 Å². The summed E-state index contributed by atoms with van der Waals surface area (Å²) in [6, 6.07) is 5.16. The number of aliphatic hydroxyl groups is 1. The van der Waals surface area contributed by atoms with E-state index in [1.54, 1.807) is 17.6 Å². The number of aldehydes is 1. The summed E-state index contributed by atoms with van der Waals surface area (Å²) in [5.74, 6) is -0.277. The molecule has 0 unspecified atom stereocenters. The highest BCUT2D eigenvalue weighted by Gasteiger charge is 2.32. The summed E-state index contributed by atoms with van der Waals surface area (Å²) in [6.07, 6.45) is 3.66. The first-order chi connectivity index (χ1) is 15.3. The number of aryl methyl sites for hydroxylation is 2. The van der Waals surface area contributed by atoms with Crippen LogP contribution in [0.25, 0.3) is 22.3 Å². The minimum atomic E-state index is -1.74. The third-order valence-electron chi connectivity index (χ3n) is 6.91. The maximum absolute atomic E-state index is 14.6. The second-order valence-corrected chi connectivity index (χ2v) is 8.60. The van der Waals surface area contributed by atoms with Crippen molar-refractivity contribution in [2.45, 2.75) is 71.9 Å². The summed E-state index contributed by atoms with van der Waals surface area (Å²) in [7, 11) is 0. The third kappa shape index (κ3) is 3.28. The van der Waals surface area contributed by atoms with Gasteiger partial charge in [0.2, 0.25) is 0 Å². The Labute approximate surface area is 186 Å². The molecule has 1 N–H and O–H groups in total. The number of hydrogen-bond acceptors (Lipinski definition) is 4. The van der Waals surface area contributed by atoms with Crippen LogP contribution in [0.5, 0.6) is 0 Å². The number of hydrogen-bond donors (Lipinski definition) is 1. The molecule has 5 nitrogen and oxygen atoms in total. The van der Waals surface area contributed by atoms with Crippen molar-refractivity contribution in [3.8, 4) is 11.4 Å². The fourth-order valence-corrected chi connectivity index (χ4v) is 5.01. The number of nitrogens with zero attached hydrogens (tertiary/aromatic N) is 2. The van der Waals surface area contributed by atoms with E-state index in [9.17, 15) is 19.1 Å². The maximum atomic E-state index is 14.6. The topological polar surface area (TPSA) is 72.2 Å². The van der Waals surface area contributed by atoms with Crippen LogP contribution >= 0.6 is 0 Å². The Bertz CT molecular complexity index is 1290. The van der Waals surface area contributed by atoms with Gasteiger partial charge in [-0.2, -0.15) is 0 Å². The number of aromatic nitrogens is 2. The van der Waals surface area contributed by atoms with Gasteiger partial charge in [0.25, 0.3) is 5.56 Å². The van der Waals surface area contributed by atoms with E-state index in [0.29, 0.717) is 52.8 Å². The first-order valence-corrected chi connectivity index (χ1v) is 11.4. The molecule has 0 spiro atoms. The largest absolute Gasteiger partial charge is 0.378 e. The van der Waals surface area contributed by atoms with Crippen LogP contribution in [0.15, 0.2) is 23.0 Å². The van der Waals surface area contributed by atoms with Crippen molar-refractivity contribution in [1.29, 1.82) is 0 Å². The molecule has 4 rings (SSSR count). The molecule has 0 saturated heterocycles. The summed E-state index contributed by atoms with van der Waals surface area (Å²) in [6.45, 7) is 7.65. The molecular weight excluding hydrogens is 407 g/mol. The van der Waals surface area contributed by atoms with E-state index < -0.39 is 5.60 Å². The molecule has 2 aromatic heterocycles. The first-order valence-electron chi connectivity index (χ1n) is 11.4. The molecule has 1 atom stereocenters. The summed E-state index contributed by atoms with van der Waals surface area (Å²) >= 11 is 0. The van der Waals surface area contributed by atoms with Gasteiger partial charge in [-0.15, -0.1) is 0 Å². The molecule has 1 aliphatic carbocycles. The van der Waals surface area contributed by atoms with E-state index in [1.165, 1.54) is 6.07 Å². The molecule has 32 heavy (non-hydrogen) atoms. The normalized spacial score (nSPS) is 15.1. The number of halogens is 1. The maximum Gasteiger partial charge on any atom is 0.254 e. The molecule has 0 bridgehead atoms. The van der Waals surface area contributed by atoms with Gasteiger partial charge in [-0.1, -0.05) is 13.8 Å². The molecule has 3 aromatic rings. The Morgan fingerprint density at radius 2 is 1.97 bits per heavy atom. The predicted octanol–water partition coefficient (Wildman–Crippen LogP) is 4.38. The number of rotatable bonds is 6. The molecule has 0 saturated carbocycles. The molecule has 2 heterocycles. The molecule has 6 heteroatoms. The Kier molecular flexibility index (Phi) is 5.76. The Morgan fingerprint density at radius 3 is 2.59 bits per heavy atom. The van der Waals surface area contributed by atoms with Crippen LogP contribution in [0.4, 0.5) is 4.39 Å². The smallest absolute Gasteiger partial charge is 0.254 e. The number of carbonyl (C=O) groups excluding carboxylic acids is 1. The first kappa shape index (κ1) is 22.3. The van der Waals surface area contributed by atoms with Gasteiger partial charge in [-0.25, -0.2) is 9.37 Å². The molecule has 0 radical (unpaired) electrons. The van der Waals surface area contributed by atoms with Crippen molar-refractivity contribution in [1.82, 2.24) is 9.55 Å². The number of benzene rings is 1. The fourth-order valence-electron chi connectivity index (χ4n) is 5.01. The number of pyridine rings is 2. The quantitative estimate of drug-likeness (QED) is 0.582. The van der Waals surface area contributed by atoms with E-state index in [-0.39, 0.29) is 17.8 Å². The van der Waals surface area contributed by atoms with Gasteiger partial charge < -0.3 is 9.67 Å². The van der Waals surface area contributed by atoms with Gasteiger partial charge in [0.15, 0.2) is 6.29 Å². The second kappa shape index (κ2) is 8.24. The molecule has 0 amide bonds. The van der Waals surface area contributed by atoms with Crippen LogP contribution in [0, 0.1) is 12.7 Å². The van der Waals surface area contributed by atoms with Crippen LogP contribution in [0.1, 0.15) is 61.4 Å². The molecule has 168 valence electrons. The van der Waals surface area contributed by atoms with Gasteiger partial charge in [0, 0.05) is 29.1 Å². The van der Waals surface area contributed by atoms with Gasteiger partial charge >= 0.3 is 0 Å². The lowest BCUT2D eigenvalue weighted by Gasteiger charge is -2.26. The zero-order valence-corrected chi connectivity index (χ0v) is 19.1. The standard InChI is InChI=1S/C26H29FN2O3/c1-5-17-19(26(32,6-2)14-30)12-23(29(7-3)25(17)31)21-11-16-9-8-10-18-15(4)20(27)13-22(28-21)24(16)18/h11-14,32H,5-10H2,1-4H3/t26-/m1/s1. The summed E-state index contributed by atoms with van der Waals surface area (Å²) in [5.41, 5.74) is 3.21. The average molecular weight is 437 g/mol. The molecule has 1 aromatic carbocycles. The zero-order chi connectivity index (χ0) is 23.2. The van der Waals surface area contributed by atoms with Crippen LogP contribution in [-0.4, -0.2) is 20.9 Å². The van der Waals surface area contributed by atoms with E-state index in [0.717, 1.165) is 35.8 Å². The zero-order valence-electron chi connectivity index (χ0n) is 19.1. The van der Waals surface area contributed by atoms with E-state index in [4.69, 9.17) is 4.98 Å². The minimum absolute atomic E-state index is 0.156. The van der Waals surface area contributed by atoms with Crippen molar-refractivity contribution in [3.63, 3.8) is 0 Å². The number of carbonyl (C=O) groups is 1. The van der Waals surface area contributed by atoms with Crippen molar-refractivity contribution in [3.05, 3.63) is 62.2 Å². The van der Waals surface area contributed by atoms with Gasteiger partial charge in [-0.05, 0) is 74.8 Å². The van der Waals surface area contributed by atoms with Crippen LogP contribution in [0.3, 0.4) is 0 Å². The SMILES string of the molecule is CCc1c([C@](O)(C=O)CC)cc(-c2cc3c4c(c(C)c(F)cc4n2)CCC3)n(CC)c1=O. The lowest BCUT2D eigenvalue weighted by Crippen LogP contribution is -2.34. The Balaban J connectivity index is 2.08. The monoisotopic (exact) mass is 436 g/mol. The van der Waals surface area contributed by atoms with Crippen LogP contribution in [0.2, 0.25) is 0 Å². The molecule has 0 aliphatic heterocycles. The molecular formula is C26H29FN2O3. The van der Waals surface area contributed by atoms with Crippen molar-refractivity contribution >= 4 is 17.2 Å². The molecule has 1 aliphatic rings. The summed E-state index contributed by atoms with van der Waals surface area (Å²) < 4.78 is 16.3. The summed E-state index contributed by atoms with van der Waals surface area (Å²) in [5, 5.41) is 12.0. The van der Waals surface area contributed by atoms with E-state index in [2.05, 4.69) is 0 Å². The third-order valence-corrected chi connectivity index (χ3v) is 6.91. The van der Waals surface area contributed by atoms with Crippen LogP contribution in [-0.2, 0) is 36.2 Å². The highest BCUT2D eigenvalue weighted by Crippen LogP contribution is 2.36. The van der Waals surface area contributed by atoms with Crippen LogP contribution < -0.4 is 5.56 Å². The average Bonchev–Trinajstić information content (AvgIpc) is 2.81. The van der Waals surface area contributed by atoms with E-state index >= 15 is 0 Å². The second-order valence-electron chi connectivity index (χ2n) is 8.60.